The van der Waals surface area contributed by atoms with Gasteiger partial charge in [-0.05, 0) is 12.1 Å². The molecule has 0 N–H and O–H groups in total. The summed E-state index contributed by atoms with van der Waals surface area (Å²) in [7, 11) is 2.69. The van der Waals surface area contributed by atoms with Gasteiger partial charge in [0.05, 0.1) is 20.5 Å². The normalized spacial score (nSPS) is 10.0. The van der Waals surface area contributed by atoms with Gasteiger partial charge in [0.2, 0.25) is 5.76 Å². The molecular weight excluding hydrogens is 272 g/mol. The fraction of sp³-hybridized carbons (Fsp3) is 0.167. The molecular formula is C12H10O6S. The summed E-state index contributed by atoms with van der Waals surface area (Å²) in [4.78, 5) is 23.4. The van der Waals surface area contributed by atoms with Crippen molar-refractivity contribution >= 4 is 23.3 Å². The molecule has 0 fully saturated rings. The van der Waals surface area contributed by atoms with Gasteiger partial charge in [-0.15, -0.1) is 0 Å². The van der Waals surface area contributed by atoms with Crippen molar-refractivity contribution in [1.29, 1.82) is 0 Å². The molecule has 2 heterocycles. The minimum atomic E-state index is -0.699. The zero-order chi connectivity index (χ0) is 13.8. The van der Waals surface area contributed by atoms with E-state index in [2.05, 4.69) is 4.74 Å². The monoisotopic (exact) mass is 282 g/mol. The molecule has 6 nitrogen and oxygen atoms in total. The van der Waals surface area contributed by atoms with E-state index >= 15 is 0 Å². The Morgan fingerprint density at radius 3 is 2.63 bits per heavy atom. The number of hydrogen-bond acceptors (Lipinski definition) is 7. The van der Waals surface area contributed by atoms with E-state index in [1.54, 1.807) is 6.07 Å². The Hall–Kier alpha value is -2.28. The summed E-state index contributed by atoms with van der Waals surface area (Å²) in [6.45, 7) is 0. The minimum Gasteiger partial charge on any atom is -0.487 e. The van der Waals surface area contributed by atoms with Crippen LogP contribution in [0.25, 0.3) is 0 Å². The number of ether oxygens (including phenoxy) is 3. The predicted molar refractivity (Wildman–Crippen MR) is 65.9 cm³/mol. The zero-order valence-electron chi connectivity index (χ0n) is 10.2. The van der Waals surface area contributed by atoms with E-state index in [9.17, 15) is 9.59 Å². The van der Waals surface area contributed by atoms with Gasteiger partial charge in [0.25, 0.3) is 0 Å². The van der Waals surface area contributed by atoms with Crippen LogP contribution in [0.1, 0.15) is 20.2 Å². The Balaban J connectivity index is 2.26. The van der Waals surface area contributed by atoms with Crippen LogP contribution >= 0.6 is 11.3 Å². The summed E-state index contributed by atoms with van der Waals surface area (Å²) in [5.41, 5.74) is 0. The highest BCUT2D eigenvalue weighted by molar-refractivity contribution is 7.16. The fourth-order valence-corrected chi connectivity index (χ4v) is 2.13. The van der Waals surface area contributed by atoms with Gasteiger partial charge in [-0.25, -0.2) is 9.59 Å². The lowest BCUT2D eigenvalue weighted by atomic mass is 10.4. The molecule has 2 aromatic heterocycles. The van der Waals surface area contributed by atoms with Gasteiger partial charge in [-0.1, -0.05) is 11.3 Å². The van der Waals surface area contributed by atoms with Crippen molar-refractivity contribution in [3.63, 3.8) is 0 Å². The van der Waals surface area contributed by atoms with Crippen molar-refractivity contribution in [3.8, 4) is 10.8 Å². The van der Waals surface area contributed by atoms with Gasteiger partial charge in [0.15, 0.2) is 15.7 Å². The van der Waals surface area contributed by atoms with E-state index in [1.807, 2.05) is 0 Å². The van der Waals surface area contributed by atoms with Crippen LogP contribution in [0.3, 0.4) is 0 Å². The molecule has 2 rings (SSSR count). The minimum absolute atomic E-state index is 0.0426. The highest BCUT2D eigenvalue weighted by Crippen LogP contribution is 2.35. The highest BCUT2D eigenvalue weighted by atomic mass is 32.1. The summed E-state index contributed by atoms with van der Waals surface area (Å²) in [6.07, 6.45) is 1.35. The average Bonchev–Trinajstić information content (AvgIpc) is 3.06. The van der Waals surface area contributed by atoms with Crippen LogP contribution in [-0.2, 0) is 4.74 Å². The quantitative estimate of drug-likeness (QED) is 0.801. The van der Waals surface area contributed by atoms with Crippen LogP contribution in [0, 0.1) is 0 Å². The lowest BCUT2D eigenvalue weighted by Crippen LogP contribution is -2.09. The third-order valence-corrected chi connectivity index (χ3v) is 3.23. The Labute approximate surface area is 112 Å². The summed E-state index contributed by atoms with van der Waals surface area (Å²) in [5, 5.41) is 0.433. The maximum absolute atomic E-state index is 11.7. The van der Waals surface area contributed by atoms with Gasteiger partial charge < -0.3 is 18.6 Å². The number of rotatable bonds is 4. The number of esters is 2. The number of furan rings is 1. The largest absolute Gasteiger partial charge is 0.487 e. The fourth-order valence-electron chi connectivity index (χ4n) is 1.31. The Morgan fingerprint density at radius 2 is 2.05 bits per heavy atom. The Morgan fingerprint density at radius 1 is 1.26 bits per heavy atom. The second-order valence-corrected chi connectivity index (χ2v) is 4.34. The third kappa shape index (κ3) is 2.76. The molecule has 0 amide bonds. The first-order valence-corrected chi connectivity index (χ1v) is 5.99. The predicted octanol–water partition coefficient (Wildman–Crippen LogP) is 2.36. The van der Waals surface area contributed by atoms with Crippen LogP contribution in [0.5, 0.6) is 10.8 Å². The van der Waals surface area contributed by atoms with E-state index in [0.717, 1.165) is 11.3 Å². The van der Waals surface area contributed by atoms with Crippen molar-refractivity contribution < 1.29 is 28.2 Å². The zero-order valence-corrected chi connectivity index (χ0v) is 11.0. The average molecular weight is 282 g/mol. The standard InChI is InChI=1S/C12H10O6S/c1-15-9-6-8(10(19-9)12(14)16-2)18-11(13)7-4-3-5-17-7/h3-6H,1-2H3. The highest BCUT2D eigenvalue weighted by Gasteiger charge is 2.22. The second-order valence-electron chi connectivity index (χ2n) is 3.32. The Bertz CT molecular complexity index is 583. The maximum atomic E-state index is 11.7. The number of carbonyl (C=O) groups is 2. The first-order valence-electron chi connectivity index (χ1n) is 5.17. The summed E-state index contributed by atoms with van der Waals surface area (Å²) < 4.78 is 19.6. The molecule has 0 bridgehead atoms. The summed E-state index contributed by atoms with van der Waals surface area (Å²) >= 11 is 1.03. The molecule has 0 aliphatic carbocycles. The molecule has 0 atom stereocenters. The van der Waals surface area contributed by atoms with Crippen LogP contribution in [0.4, 0.5) is 0 Å². The number of thiophene rings is 1. The van der Waals surface area contributed by atoms with Crippen LogP contribution < -0.4 is 9.47 Å². The molecule has 0 aliphatic heterocycles. The summed E-state index contributed by atoms with van der Waals surface area (Å²) in [6, 6.07) is 4.47. The lowest BCUT2D eigenvalue weighted by molar-refractivity contribution is 0.0597. The molecule has 0 unspecified atom stereocenters. The van der Waals surface area contributed by atoms with Crippen molar-refractivity contribution in [2.45, 2.75) is 0 Å². The van der Waals surface area contributed by atoms with Crippen LogP contribution in [0.15, 0.2) is 28.9 Å². The van der Waals surface area contributed by atoms with E-state index < -0.39 is 11.9 Å². The van der Waals surface area contributed by atoms with Gasteiger partial charge in [0, 0.05) is 6.07 Å². The first kappa shape index (κ1) is 13.2. The molecule has 0 radical (unpaired) electrons. The van der Waals surface area contributed by atoms with E-state index in [1.165, 1.54) is 32.6 Å². The molecule has 7 heteroatoms. The van der Waals surface area contributed by atoms with Gasteiger partial charge in [-0.3, -0.25) is 0 Å². The molecule has 0 aliphatic rings. The molecule has 0 saturated heterocycles. The van der Waals surface area contributed by atoms with Crippen molar-refractivity contribution in [1.82, 2.24) is 0 Å². The smallest absolute Gasteiger partial charge is 0.379 e. The summed E-state index contributed by atoms with van der Waals surface area (Å²) in [5.74, 6) is -1.18. The molecule has 0 aromatic carbocycles. The van der Waals surface area contributed by atoms with Crippen molar-refractivity contribution in [2.24, 2.45) is 0 Å². The van der Waals surface area contributed by atoms with E-state index in [0.29, 0.717) is 5.06 Å². The van der Waals surface area contributed by atoms with E-state index in [-0.39, 0.29) is 16.4 Å². The Kier molecular flexibility index (Phi) is 3.86. The molecule has 0 saturated carbocycles. The SMILES string of the molecule is COC(=O)c1sc(OC)cc1OC(=O)c1ccco1. The molecule has 100 valence electrons. The molecule has 19 heavy (non-hydrogen) atoms. The van der Waals surface area contributed by atoms with Gasteiger partial charge in [-0.2, -0.15) is 0 Å². The molecule has 2 aromatic rings. The van der Waals surface area contributed by atoms with Crippen LogP contribution in [-0.4, -0.2) is 26.2 Å². The van der Waals surface area contributed by atoms with Crippen LogP contribution in [0.2, 0.25) is 0 Å². The van der Waals surface area contributed by atoms with Crippen molar-refractivity contribution in [2.75, 3.05) is 14.2 Å². The third-order valence-electron chi connectivity index (χ3n) is 2.17. The van der Waals surface area contributed by atoms with E-state index in [4.69, 9.17) is 13.9 Å². The molecule has 0 spiro atoms. The van der Waals surface area contributed by atoms with Crippen molar-refractivity contribution in [3.05, 3.63) is 35.1 Å². The number of methoxy groups -OCH3 is 2. The van der Waals surface area contributed by atoms with Gasteiger partial charge >= 0.3 is 11.9 Å². The second kappa shape index (κ2) is 5.57. The number of carbonyl (C=O) groups excluding carboxylic acids is 2. The lowest BCUT2D eigenvalue weighted by Gasteiger charge is -2.01. The number of hydrogen-bond donors (Lipinski definition) is 0. The first-order chi connectivity index (χ1) is 9.15. The topological polar surface area (TPSA) is 75.0 Å². The maximum Gasteiger partial charge on any atom is 0.379 e. The van der Waals surface area contributed by atoms with Gasteiger partial charge in [0.1, 0.15) is 0 Å².